The lowest BCUT2D eigenvalue weighted by atomic mass is 9.78. The first-order valence-electron chi connectivity index (χ1n) is 9.04. The van der Waals surface area contributed by atoms with Crippen LogP contribution in [0.5, 0.6) is 17.2 Å². The summed E-state index contributed by atoms with van der Waals surface area (Å²) in [6, 6.07) is 3.70. The molecule has 1 aromatic rings. The summed E-state index contributed by atoms with van der Waals surface area (Å²) in [5.74, 6) is 2.10. The molecule has 2 rings (SSSR count). The molecule has 1 aliphatic rings. The van der Waals surface area contributed by atoms with Gasteiger partial charge in [0.1, 0.15) is 0 Å². The van der Waals surface area contributed by atoms with E-state index in [1.807, 2.05) is 45.9 Å². The van der Waals surface area contributed by atoms with E-state index in [-0.39, 0.29) is 5.12 Å². The van der Waals surface area contributed by atoms with Gasteiger partial charge in [-0.15, -0.1) is 0 Å². The van der Waals surface area contributed by atoms with Crippen molar-refractivity contribution < 1.29 is 28.3 Å². The maximum atomic E-state index is 11.6. The Morgan fingerprint density at radius 3 is 1.93 bits per heavy atom. The predicted octanol–water partition coefficient (Wildman–Crippen LogP) is 4.01. The minimum atomic E-state index is -0.545. The molecule has 6 nitrogen and oxygen atoms in total. The number of ether oxygens (including phenoxy) is 3. The van der Waals surface area contributed by atoms with Crippen LogP contribution in [0.1, 0.15) is 40.2 Å². The Morgan fingerprint density at radius 1 is 1.04 bits per heavy atom. The molecule has 1 heterocycles. The number of hydrogen-bond donors (Lipinski definition) is 0. The van der Waals surface area contributed by atoms with Crippen LogP contribution in [-0.2, 0) is 14.1 Å². The van der Waals surface area contributed by atoms with E-state index in [1.54, 1.807) is 28.3 Å². The fraction of sp³-hybridized carbons (Fsp3) is 0.550. The normalized spacial score (nSPS) is 18.1. The van der Waals surface area contributed by atoms with Crippen molar-refractivity contribution in [1.29, 1.82) is 0 Å². The lowest BCUT2D eigenvalue weighted by Crippen LogP contribution is -2.41. The van der Waals surface area contributed by atoms with Gasteiger partial charge in [0.2, 0.25) is 5.75 Å². The summed E-state index contributed by atoms with van der Waals surface area (Å²) in [5.41, 5.74) is 0.761. The summed E-state index contributed by atoms with van der Waals surface area (Å²) in [7, 11) is 4.17. The van der Waals surface area contributed by atoms with Gasteiger partial charge in [-0.1, -0.05) is 17.8 Å². The highest BCUT2D eigenvalue weighted by Crippen LogP contribution is 2.41. The lowest BCUT2D eigenvalue weighted by molar-refractivity contribution is -0.109. The van der Waals surface area contributed by atoms with Crippen molar-refractivity contribution >= 4 is 30.1 Å². The van der Waals surface area contributed by atoms with E-state index in [4.69, 9.17) is 23.5 Å². The van der Waals surface area contributed by atoms with E-state index in [9.17, 15) is 4.79 Å². The SMILES string of the molecule is COc1cc(C=C(CSC(C)=O)B2OC(C)(C)C(C)(C)O2)cc(OC)c1OC. The van der Waals surface area contributed by atoms with Crippen LogP contribution < -0.4 is 14.2 Å². The van der Waals surface area contributed by atoms with Gasteiger partial charge in [-0.05, 0) is 50.9 Å². The fourth-order valence-corrected chi connectivity index (χ4v) is 3.35. The number of carbonyl (C=O) groups is 1. The minimum absolute atomic E-state index is 0.0345. The van der Waals surface area contributed by atoms with Gasteiger partial charge in [-0.3, -0.25) is 4.79 Å². The van der Waals surface area contributed by atoms with Gasteiger partial charge in [0.05, 0.1) is 32.5 Å². The maximum absolute atomic E-state index is 11.6. The predicted molar refractivity (Wildman–Crippen MR) is 113 cm³/mol. The van der Waals surface area contributed by atoms with Crippen LogP contribution in [0.15, 0.2) is 17.6 Å². The summed E-state index contributed by atoms with van der Waals surface area (Å²) in [6.07, 6.45) is 1.95. The number of rotatable bonds is 7. The van der Waals surface area contributed by atoms with Gasteiger partial charge >= 0.3 is 7.12 Å². The van der Waals surface area contributed by atoms with Crippen LogP contribution in [0.3, 0.4) is 0 Å². The van der Waals surface area contributed by atoms with Gasteiger partial charge in [0.25, 0.3) is 0 Å². The monoisotopic (exact) mass is 408 g/mol. The average molecular weight is 408 g/mol. The van der Waals surface area contributed by atoms with E-state index >= 15 is 0 Å². The smallest absolute Gasteiger partial charge is 0.491 e. The van der Waals surface area contributed by atoms with Gasteiger partial charge < -0.3 is 23.5 Å². The molecule has 0 bridgehead atoms. The van der Waals surface area contributed by atoms with Gasteiger partial charge in [0.15, 0.2) is 16.6 Å². The summed E-state index contributed by atoms with van der Waals surface area (Å²) >= 11 is 1.22. The molecule has 154 valence electrons. The minimum Gasteiger partial charge on any atom is -0.493 e. The number of benzene rings is 1. The van der Waals surface area contributed by atoms with E-state index in [0.29, 0.717) is 23.0 Å². The molecule has 0 unspecified atom stereocenters. The second-order valence-corrected chi connectivity index (χ2v) is 8.70. The average Bonchev–Trinajstić information content (AvgIpc) is 2.84. The highest BCUT2D eigenvalue weighted by atomic mass is 32.2. The van der Waals surface area contributed by atoms with Crippen molar-refractivity contribution in [2.45, 2.75) is 45.8 Å². The van der Waals surface area contributed by atoms with Crippen LogP contribution in [0.4, 0.5) is 0 Å². The second-order valence-electron chi connectivity index (χ2n) is 7.55. The number of methoxy groups -OCH3 is 3. The van der Waals surface area contributed by atoms with Crippen molar-refractivity contribution in [2.24, 2.45) is 0 Å². The van der Waals surface area contributed by atoms with E-state index < -0.39 is 18.3 Å². The van der Waals surface area contributed by atoms with E-state index in [0.717, 1.165) is 11.0 Å². The molecule has 1 saturated heterocycles. The molecule has 0 N–H and O–H groups in total. The Morgan fingerprint density at radius 2 is 1.54 bits per heavy atom. The molecule has 1 fully saturated rings. The third kappa shape index (κ3) is 4.85. The summed E-state index contributed by atoms with van der Waals surface area (Å²) in [4.78, 5) is 11.6. The molecule has 28 heavy (non-hydrogen) atoms. The number of thioether (sulfide) groups is 1. The summed E-state index contributed by atoms with van der Waals surface area (Å²) < 4.78 is 28.6. The highest BCUT2D eigenvalue weighted by molar-refractivity contribution is 8.13. The van der Waals surface area contributed by atoms with Crippen LogP contribution in [0.2, 0.25) is 0 Å². The largest absolute Gasteiger partial charge is 0.493 e. The Balaban J connectivity index is 2.47. The molecule has 0 aliphatic carbocycles. The Bertz CT molecular complexity index is 718. The third-order valence-electron chi connectivity index (χ3n) is 5.04. The van der Waals surface area contributed by atoms with Crippen molar-refractivity contribution in [3.05, 3.63) is 23.2 Å². The molecular formula is C20H29BO6S. The zero-order chi connectivity index (χ0) is 21.1. The van der Waals surface area contributed by atoms with Gasteiger partial charge in [0, 0.05) is 12.7 Å². The molecule has 8 heteroatoms. The molecule has 1 aliphatic heterocycles. The quantitative estimate of drug-likeness (QED) is 0.632. The first-order valence-corrected chi connectivity index (χ1v) is 10.0. The molecule has 0 spiro atoms. The summed E-state index contributed by atoms with van der Waals surface area (Å²) in [5, 5.41) is 0.0345. The van der Waals surface area contributed by atoms with Crippen LogP contribution in [-0.4, -0.2) is 50.5 Å². The molecule has 0 saturated carbocycles. The molecule has 1 aromatic carbocycles. The van der Waals surface area contributed by atoms with Crippen molar-refractivity contribution in [2.75, 3.05) is 27.1 Å². The molecule has 0 aromatic heterocycles. The molecule has 0 amide bonds. The number of hydrogen-bond acceptors (Lipinski definition) is 7. The highest BCUT2D eigenvalue weighted by Gasteiger charge is 2.52. The third-order valence-corrected chi connectivity index (χ3v) is 5.92. The van der Waals surface area contributed by atoms with Gasteiger partial charge in [-0.2, -0.15) is 0 Å². The second kappa shape index (κ2) is 8.80. The molecule has 0 radical (unpaired) electrons. The van der Waals surface area contributed by atoms with E-state index in [2.05, 4.69) is 0 Å². The summed E-state index contributed by atoms with van der Waals surface area (Å²) in [6.45, 7) is 9.56. The zero-order valence-electron chi connectivity index (χ0n) is 17.9. The first kappa shape index (κ1) is 22.7. The number of carbonyl (C=O) groups excluding carboxylic acids is 1. The van der Waals surface area contributed by atoms with Gasteiger partial charge in [-0.25, -0.2) is 0 Å². The standard InChI is InChI=1S/C20H29BO6S/c1-13(22)28-12-15(21-26-19(2,3)20(4,5)27-21)9-14-10-16(23-6)18(25-8)17(11-14)24-7/h9-11H,12H2,1-8H3. The van der Waals surface area contributed by atoms with Crippen molar-refractivity contribution in [3.63, 3.8) is 0 Å². The van der Waals surface area contributed by atoms with Crippen LogP contribution in [0, 0.1) is 0 Å². The fourth-order valence-electron chi connectivity index (χ4n) is 2.76. The Labute approximate surface area is 172 Å². The van der Waals surface area contributed by atoms with Crippen molar-refractivity contribution in [3.8, 4) is 17.2 Å². The molecular weight excluding hydrogens is 379 g/mol. The molecule has 0 atom stereocenters. The van der Waals surface area contributed by atoms with Crippen LogP contribution >= 0.6 is 11.8 Å². The lowest BCUT2D eigenvalue weighted by Gasteiger charge is -2.32. The first-order chi connectivity index (χ1) is 13.0. The zero-order valence-corrected chi connectivity index (χ0v) is 18.7. The Kier molecular flexibility index (Phi) is 7.12. The Hall–Kier alpha value is -1.64. The van der Waals surface area contributed by atoms with E-state index in [1.165, 1.54) is 11.8 Å². The topological polar surface area (TPSA) is 63.2 Å². The van der Waals surface area contributed by atoms with Crippen molar-refractivity contribution in [1.82, 2.24) is 0 Å². The van der Waals surface area contributed by atoms with Crippen LogP contribution in [0.25, 0.3) is 6.08 Å². The maximum Gasteiger partial charge on any atom is 0.491 e.